The largest absolute Gasteiger partial charge is 0.460 e. The second-order valence-electron chi connectivity index (χ2n) is 3.51. The summed E-state index contributed by atoms with van der Waals surface area (Å²) in [5.74, 6) is -23.5. The molecule has 120 valence electrons. The smallest absolute Gasteiger partial charge is 0.296 e. The van der Waals surface area contributed by atoms with Crippen molar-refractivity contribution in [3.8, 4) is 0 Å². The lowest BCUT2D eigenvalue weighted by Crippen LogP contribution is -2.64. The molecule has 1 N–H and O–H groups in total. The number of nitrogens with one attached hydrogen (secondary N) is 1. The molecule has 0 saturated carbocycles. The summed E-state index contributed by atoms with van der Waals surface area (Å²) < 4.78 is 112. The molecule has 1 aromatic heterocycles. The molecule has 21 heavy (non-hydrogen) atoms. The van der Waals surface area contributed by atoms with Gasteiger partial charge in [-0.3, -0.25) is 10.1 Å². The number of alkyl halides is 9. The van der Waals surface area contributed by atoms with Crippen LogP contribution in [0.2, 0.25) is 0 Å². The minimum absolute atomic E-state index is 0.460. The summed E-state index contributed by atoms with van der Waals surface area (Å²) in [6.07, 6.45) is -6.03. The van der Waals surface area contributed by atoms with E-state index < -0.39 is 35.0 Å². The van der Waals surface area contributed by atoms with Gasteiger partial charge in [0.2, 0.25) is 0 Å². The van der Waals surface area contributed by atoms with Crippen molar-refractivity contribution in [3.63, 3.8) is 0 Å². The average molecular weight is 346 g/mol. The molecule has 0 spiro atoms. The molecule has 3 nitrogen and oxygen atoms in total. The lowest BCUT2D eigenvalue weighted by Gasteiger charge is -2.32. The summed E-state index contributed by atoms with van der Waals surface area (Å²) in [7, 11) is 0. The Kier molecular flexibility index (Phi) is 4.20. The van der Waals surface area contributed by atoms with Gasteiger partial charge in [-0.05, 0) is 0 Å². The van der Waals surface area contributed by atoms with Crippen LogP contribution in [0.4, 0.5) is 44.6 Å². The minimum atomic E-state index is -7.11. The molecule has 0 aliphatic rings. The van der Waals surface area contributed by atoms with Crippen molar-refractivity contribution in [1.29, 1.82) is 0 Å². The van der Waals surface area contributed by atoms with Gasteiger partial charge >= 0.3 is 29.9 Å². The number of thiazole rings is 1. The van der Waals surface area contributed by atoms with Gasteiger partial charge in [-0.1, -0.05) is 0 Å². The van der Waals surface area contributed by atoms with Crippen molar-refractivity contribution < 1.29 is 44.3 Å². The topological polar surface area (TPSA) is 42.0 Å². The number of rotatable bonds is 4. The van der Waals surface area contributed by atoms with Gasteiger partial charge in [0.25, 0.3) is 0 Å². The number of halogens is 9. The van der Waals surface area contributed by atoms with E-state index in [9.17, 15) is 44.3 Å². The van der Waals surface area contributed by atoms with E-state index in [2.05, 4.69) is 4.98 Å². The first-order valence-corrected chi connectivity index (χ1v) is 5.54. The molecule has 0 bridgehead atoms. The van der Waals surface area contributed by atoms with E-state index in [1.54, 1.807) is 0 Å². The van der Waals surface area contributed by atoms with E-state index in [0.717, 1.165) is 16.9 Å². The third kappa shape index (κ3) is 2.78. The second-order valence-corrected chi connectivity index (χ2v) is 4.41. The van der Waals surface area contributed by atoms with Crippen LogP contribution in [0.5, 0.6) is 0 Å². The van der Waals surface area contributed by atoms with Gasteiger partial charge < -0.3 is 0 Å². The Morgan fingerprint density at radius 2 is 1.52 bits per heavy atom. The molecule has 1 aromatic rings. The van der Waals surface area contributed by atoms with E-state index in [1.807, 2.05) is 0 Å². The van der Waals surface area contributed by atoms with Gasteiger partial charge in [0, 0.05) is 11.6 Å². The first-order valence-electron chi connectivity index (χ1n) is 4.66. The fourth-order valence-corrected chi connectivity index (χ4v) is 1.50. The van der Waals surface area contributed by atoms with Crippen molar-refractivity contribution in [2.45, 2.75) is 23.9 Å². The first kappa shape index (κ1) is 17.5. The Balaban J connectivity index is 3.12. The molecule has 13 heteroatoms. The first-order chi connectivity index (χ1) is 9.25. The number of amides is 1. The fraction of sp³-hybridized carbons (Fsp3) is 0.500. The predicted octanol–water partition coefficient (Wildman–Crippen LogP) is 3.55. The summed E-state index contributed by atoms with van der Waals surface area (Å²) in [4.78, 5) is 14.0. The van der Waals surface area contributed by atoms with Gasteiger partial charge in [0.1, 0.15) is 0 Å². The number of nitrogens with zero attached hydrogens (tertiary/aromatic N) is 1. The van der Waals surface area contributed by atoms with Crippen molar-refractivity contribution in [3.05, 3.63) is 11.6 Å². The van der Waals surface area contributed by atoms with Crippen LogP contribution in [0.25, 0.3) is 0 Å². The Labute approximate surface area is 113 Å². The second kappa shape index (κ2) is 5.03. The number of aromatic nitrogens is 1. The van der Waals surface area contributed by atoms with Crippen LogP contribution in [0.15, 0.2) is 11.6 Å². The zero-order valence-electron chi connectivity index (χ0n) is 9.32. The monoisotopic (exact) mass is 346 g/mol. The SMILES string of the molecule is O=C(Nc1nccs1)C(F)(F)C(F)(F)C(F)(F)C(F)(F)F. The van der Waals surface area contributed by atoms with Crippen molar-refractivity contribution in [2.24, 2.45) is 0 Å². The summed E-state index contributed by atoms with van der Waals surface area (Å²) in [6, 6.07) is 0. The molecule has 0 saturated heterocycles. The van der Waals surface area contributed by atoms with E-state index in [0.29, 0.717) is 11.3 Å². The molecule has 0 atom stereocenters. The van der Waals surface area contributed by atoms with Gasteiger partial charge in [-0.2, -0.15) is 39.5 Å². The van der Waals surface area contributed by atoms with Crippen LogP contribution in [0.1, 0.15) is 0 Å². The summed E-state index contributed by atoms with van der Waals surface area (Å²) in [5, 5.41) is 1.46. The van der Waals surface area contributed by atoms with E-state index >= 15 is 0 Å². The fourth-order valence-electron chi connectivity index (χ4n) is 0.979. The maximum Gasteiger partial charge on any atom is 0.460 e. The third-order valence-corrected chi connectivity index (χ3v) is 2.77. The Hall–Kier alpha value is -1.53. The summed E-state index contributed by atoms with van der Waals surface area (Å²) in [6.45, 7) is 0. The molecule has 1 heterocycles. The number of anilines is 1. The Bertz CT molecular complexity index is 510. The molecular weight excluding hydrogens is 343 g/mol. The molecule has 0 aliphatic carbocycles. The van der Waals surface area contributed by atoms with Crippen LogP contribution in [-0.4, -0.2) is 34.8 Å². The molecule has 0 unspecified atom stereocenters. The highest BCUT2D eigenvalue weighted by atomic mass is 32.1. The lowest BCUT2D eigenvalue weighted by atomic mass is 10.0. The van der Waals surface area contributed by atoms with Crippen LogP contribution in [0, 0.1) is 0 Å². The lowest BCUT2D eigenvalue weighted by molar-refractivity contribution is -0.388. The molecule has 0 radical (unpaired) electrons. The highest BCUT2D eigenvalue weighted by Crippen LogP contribution is 2.53. The maximum absolute atomic E-state index is 13.0. The van der Waals surface area contributed by atoms with Crippen LogP contribution in [0.3, 0.4) is 0 Å². The molecule has 1 amide bonds. The molecule has 0 aromatic carbocycles. The van der Waals surface area contributed by atoms with E-state index in [-0.39, 0.29) is 0 Å². The van der Waals surface area contributed by atoms with E-state index in [4.69, 9.17) is 0 Å². The van der Waals surface area contributed by atoms with Gasteiger partial charge in [0.15, 0.2) is 5.13 Å². The highest BCUT2D eigenvalue weighted by Gasteiger charge is 2.83. The van der Waals surface area contributed by atoms with Crippen molar-refractivity contribution in [2.75, 3.05) is 5.32 Å². The zero-order chi connectivity index (χ0) is 16.7. The Morgan fingerprint density at radius 1 is 1.00 bits per heavy atom. The quantitative estimate of drug-likeness (QED) is 0.848. The standard InChI is InChI=1S/C8H3F9N2OS/c9-5(10,3(20)19-4-18-1-2-21-4)6(11,12)7(13,14)8(15,16)17/h1-2H,(H,18,19,20). The van der Waals surface area contributed by atoms with Crippen LogP contribution >= 0.6 is 11.3 Å². The number of hydrogen-bond acceptors (Lipinski definition) is 3. The minimum Gasteiger partial charge on any atom is -0.296 e. The van der Waals surface area contributed by atoms with E-state index in [1.165, 1.54) is 0 Å². The number of carbonyl (C=O) groups is 1. The van der Waals surface area contributed by atoms with Crippen molar-refractivity contribution >= 4 is 22.4 Å². The summed E-state index contributed by atoms with van der Waals surface area (Å²) >= 11 is 0.460. The van der Waals surface area contributed by atoms with Crippen LogP contribution < -0.4 is 5.32 Å². The summed E-state index contributed by atoms with van der Waals surface area (Å²) in [5.41, 5.74) is 0. The zero-order valence-corrected chi connectivity index (χ0v) is 10.1. The van der Waals surface area contributed by atoms with Gasteiger partial charge in [0.05, 0.1) is 0 Å². The molecular formula is C8H3F9N2OS. The normalized spacial score (nSPS) is 14.1. The maximum atomic E-state index is 13.0. The van der Waals surface area contributed by atoms with Crippen LogP contribution in [-0.2, 0) is 4.79 Å². The molecule has 0 aliphatic heterocycles. The third-order valence-electron chi connectivity index (χ3n) is 2.08. The highest BCUT2D eigenvalue weighted by molar-refractivity contribution is 7.13. The molecule has 0 fully saturated rings. The number of hydrogen-bond donors (Lipinski definition) is 1. The molecule has 1 rings (SSSR count). The average Bonchev–Trinajstić information content (AvgIpc) is 2.79. The van der Waals surface area contributed by atoms with Crippen molar-refractivity contribution in [1.82, 2.24) is 4.98 Å². The Morgan fingerprint density at radius 3 is 1.90 bits per heavy atom. The predicted molar refractivity (Wildman–Crippen MR) is 51.6 cm³/mol. The van der Waals surface area contributed by atoms with Gasteiger partial charge in [-0.25, -0.2) is 4.98 Å². The van der Waals surface area contributed by atoms with Gasteiger partial charge in [-0.15, -0.1) is 11.3 Å². The number of carbonyl (C=O) groups excluding carboxylic acids is 1.